The first-order chi connectivity index (χ1) is 23.3. The highest BCUT2D eigenvalue weighted by atomic mass is 16.5. The van der Waals surface area contributed by atoms with Crippen LogP contribution in [-0.2, 0) is 28.7 Å². The normalized spacial score (nSPS) is 41.3. The van der Waals surface area contributed by atoms with Crippen molar-refractivity contribution < 1.29 is 38.9 Å². The molecular formula is C40H64N2O8. The van der Waals surface area contributed by atoms with Crippen LogP contribution in [0.15, 0.2) is 12.2 Å². The largest absolute Gasteiger partial charge is 0.481 e. The Morgan fingerprint density at radius 2 is 1.38 bits per heavy atom. The van der Waals surface area contributed by atoms with Gasteiger partial charge in [-0.15, -0.1) is 0 Å². The third-order valence-corrected chi connectivity index (χ3v) is 16.1. The highest BCUT2D eigenvalue weighted by Gasteiger charge is 2.71. The first-order valence-corrected chi connectivity index (χ1v) is 19.1. The summed E-state index contributed by atoms with van der Waals surface area (Å²) in [5.41, 5.74) is 1.43. The van der Waals surface area contributed by atoms with Crippen molar-refractivity contribution in [3.05, 3.63) is 12.2 Å². The summed E-state index contributed by atoms with van der Waals surface area (Å²) in [6, 6.07) is -1.73. The second-order valence-corrected chi connectivity index (χ2v) is 18.4. The van der Waals surface area contributed by atoms with Gasteiger partial charge in [0.1, 0.15) is 12.1 Å². The van der Waals surface area contributed by atoms with Crippen LogP contribution in [0.25, 0.3) is 0 Å². The van der Waals surface area contributed by atoms with Gasteiger partial charge >= 0.3 is 23.9 Å². The van der Waals surface area contributed by atoms with Crippen molar-refractivity contribution >= 4 is 23.9 Å². The number of carboxylic acid groups (broad SMARTS) is 2. The van der Waals surface area contributed by atoms with E-state index in [0.717, 1.165) is 64.2 Å². The standard InChI is InChI=1S/C40H64N2O8/c1-23(2)24-12-17-40(22-41-26(20-31(43)44)34(47)49-8)19-18-38(6)25(33(24)40)10-11-29-37(5)15-14-30(42-27(21-32(45)46)35(48)50-9)36(3,4)28(37)13-16-39(29,38)7/h24-30,33,41-42H,1,10-22H2,2-9H3,(H,43,44)(H,45,46)/t24-,25+,26?,27?,28-,29+,30-,33+,37-,38+,39+,40+/m0/s1. The molecule has 50 heavy (non-hydrogen) atoms. The van der Waals surface area contributed by atoms with E-state index in [0.29, 0.717) is 36.1 Å². The average molecular weight is 701 g/mol. The van der Waals surface area contributed by atoms with Crippen LogP contribution in [0.2, 0.25) is 0 Å². The van der Waals surface area contributed by atoms with Gasteiger partial charge in [-0.3, -0.25) is 19.2 Å². The molecule has 0 aromatic heterocycles. The van der Waals surface area contributed by atoms with Gasteiger partial charge in [0.2, 0.25) is 0 Å². The van der Waals surface area contributed by atoms with E-state index < -0.39 is 36.0 Å². The maximum Gasteiger partial charge on any atom is 0.323 e. The second-order valence-electron chi connectivity index (χ2n) is 18.4. The molecule has 12 atom stereocenters. The summed E-state index contributed by atoms with van der Waals surface area (Å²) in [4.78, 5) is 48.5. The van der Waals surface area contributed by atoms with Crippen molar-refractivity contribution in [3.8, 4) is 0 Å². The lowest BCUT2D eigenvalue weighted by atomic mass is 9.32. The third-order valence-electron chi connectivity index (χ3n) is 16.1. The molecule has 0 spiro atoms. The number of carboxylic acids is 2. The fraction of sp³-hybridized carbons (Fsp3) is 0.850. The molecule has 0 radical (unpaired) electrons. The number of esters is 2. The summed E-state index contributed by atoms with van der Waals surface area (Å²) >= 11 is 0. The number of aliphatic carboxylic acids is 2. The molecule has 10 nitrogen and oxygen atoms in total. The first kappa shape index (κ1) is 38.8. The summed E-state index contributed by atoms with van der Waals surface area (Å²) in [5, 5.41) is 25.9. The highest BCUT2D eigenvalue weighted by Crippen LogP contribution is 2.77. The van der Waals surface area contributed by atoms with Crippen LogP contribution in [0.4, 0.5) is 0 Å². The smallest absolute Gasteiger partial charge is 0.323 e. The van der Waals surface area contributed by atoms with Gasteiger partial charge in [-0.25, -0.2) is 0 Å². The van der Waals surface area contributed by atoms with Crippen molar-refractivity contribution in [2.24, 2.45) is 56.7 Å². The minimum atomic E-state index is -1.02. The number of hydrogen-bond acceptors (Lipinski definition) is 8. The second kappa shape index (κ2) is 13.8. The maximum absolute atomic E-state index is 12.6. The molecule has 0 aliphatic heterocycles. The number of ether oxygens (including phenoxy) is 2. The SMILES string of the molecule is C=C(C)[C@@H]1CC[C@]2(CNC(CC(=O)O)C(=O)OC)CC[C@]3(C)[C@H](CC[C@@H]4[C@@]5(C)CC[C@H](NC(CC(=O)O)C(=O)OC)C(C)(C)[C@@H]5CC[C@]43C)[C@@H]12. The van der Waals surface area contributed by atoms with Crippen molar-refractivity contribution in [1.82, 2.24) is 10.6 Å². The van der Waals surface area contributed by atoms with E-state index in [1.807, 2.05) is 0 Å². The van der Waals surface area contributed by atoms with Gasteiger partial charge in [0.25, 0.3) is 0 Å². The van der Waals surface area contributed by atoms with Gasteiger partial charge in [0, 0.05) is 12.6 Å². The summed E-state index contributed by atoms with van der Waals surface area (Å²) in [6.45, 7) is 19.6. The lowest BCUT2D eigenvalue weighted by Crippen LogP contribution is -2.68. The third kappa shape index (κ3) is 6.22. The quantitative estimate of drug-likeness (QED) is 0.136. The average Bonchev–Trinajstić information content (AvgIpc) is 3.43. The zero-order chi connectivity index (χ0) is 37.0. The van der Waals surface area contributed by atoms with Gasteiger partial charge in [-0.2, -0.15) is 0 Å². The van der Waals surface area contributed by atoms with E-state index in [1.165, 1.54) is 19.8 Å². The van der Waals surface area contributed by atoms with Crippen LogP contribution in [-0.4, -0.2) is 73.0 Å². The molecule has 5 fully saturated rings. The Labute approximate surface area is 299 Å². The fourth-order valence-electron chi connectivity index (χ4n) is 13.5. The Balaban J connectivity index is 1.42. The Morgan fingerprint density at radius 1 is 0.760 bits per heavy atom. The molecule has 5 aliphatic rings. The predicted molar refractivity (Wildman–Crippen MR) is 190 cm³/mol. The van der Waals surface area contributed by atoms with Gasteiger partial charge in [0.05, 0.1) is 27.1 Å². The van der Waals surface area contributed by atoms with E-state index in [1.54, 1.807) is 0 Å². The Bertz CT molecular complexity index is 1360. The zero-order valence-electron chi connectivity index (χ0n) is 31.9. The maximum atomic E-state index is 12.6. The zero-order valence-corrected chi connectivity index (χ0v) is 31.9. The molecule has 5 saturated carbocycles. The van der Waals surface area contributed by atoms with Crippen molar-refractivity contribution in [3.63, 3.8) is 0 Å². The monoisotopic (exact) mass is 700 g/mol. The Morgan fingerprint density at radius 3 is 1.98 bits per heavy atom. The van der Waals surface area contributed by atoms with E-state index in [2.05, 4.69) is 58.8 Å². The van der Waals surface area contributed by atoms with Crippen LogP contribution >= 0.6 is 0 Å². The van der Waals surface area contributed by atoms with E-state index in [4.69, 9.17) is 9.47 Å². The molecule has 10 heteroatoms. The van der Waals surface area contributed by atoms with E-state index >= 15 is 0 Å². The van der Waals surface area contributed by atoms with E-state index in [9.17, 15) is 29.4 Å². The topological polar surface area (TPSA) is 151 Å². The lowest BCUT2D eigenvalue weighted by molar-refractivity contribution is -0.239. The van der Waals surface area contributed by atoms with Crippen molar-refractivity contribution in [2.75, 3.05) is 20.8 Å². The summed E-state index contributed by atoms with van der Waals surface area (Å²) in [7, 11) is 2.63. The van der Waals surface area contributed by atoms with Gasteiger partial charge in [-0.05, 0) is 128 Å². The van der Waals surface area contributed by atoms with Crippen LogP contribution in [0.5, 0.6) is 0 Å². The van der Waals surface area contributed by atoms with Gasteiger partial charge < -0.3 is 30.3 Å². The molecule has 5 rings (SSSR count). The molecule has 0 aromatic carbocycles. The van der Waals surface area contributed by atoms with Gasteiger partial charge in [0.15, 0.2) is 0 Å². The predicted octanol–water partition coefficient (Wildman–Crippen LogP) is 6.22. The molecule has 0 amide bonds. The number of allylic oxidation sites excluding steroid dienone is 1. The van der Waals surface area contributed by atoms with Crippen LogP contribution in [0.1, 0.15) is 119 Å². The highest BCUT2D eigenvalue weighted by molar-refractivity contribution is 5.82. The van der Waals surface area contributed by atoms with Crippen LogP contribution < -0.4 is 10.6 Å². The number of fused-ring (bicyclic) bond motifs is 7. The van der Waals surface area contributed by atoms with Crippen molar-refractivity contribution in [1.29, 1.82) is 0 Å². The Kier molecular flexibility index (Phi) is 10.7. The number of hydrogen-bond donors (Lipinski definition) is 4. The Hall–Kier alpha value is -2.46. The number of nitrogens with one attached hydrogen (secondary N) is 2. The minimum absolute atomic E-state index is 0.00728. The molecular weight excluding hydrogens is 636 g/mol. The number of carbonyl (C=O) groups is 4. The first-order valence-electron chi connectivity index (χ1n) is 19.1. The summed E-state index contributed by atoms with van der Waals surface area (Å²) in [6.07, 6.45) is 10.1. The summed E-state index contributed by atoms with van der Waals surface area (Å²) in [5.74, 6) is -0.796. The minimum Gasteiger partial charge on any atom is -0.481 e. The molecule has 0 bridgehead atoms. The van der Waals surface area contributed by atoms with Crippen LogP contribution in [0, 0.1) is 56.7 Å². The molecule has 282 valence electrons. The van der Waals surface area contributed by atoms with Crippen LogP contribution in [0.3, 0.4) is 0 Å². The molecule has 0 heterocycles. The molecule has 0 saturated heterocycles. The lowest BCUT2D eigenvalue weighted by Gasteiger charge is -2.73. The number of rotatable bonds is 12. The van der Waals surface area contributed by atoms with Crippen molar-refractivity contribution in [2.45, 2.75) is 137 Å². The fourth-order valence-corrected chi connectivity index (χ4v) is 13.5. The molecule has 4 N–H and O–H groups in total. The summed E-state index contributed by atoms with van der Waals surface area (Å²) < 4.78 is 9.99. The van der Waals surface area contributed by atoms with Gasteiger partial charge in [-0.1, -0.05) is 46.8 Å². The molecule has 2 unspecified atom stereocenters. The molecule has 5 aliphatic carbocycles. The van der Waals surface area contributed by atoms with E-state index in [-0.39, 0.29) is 46.0 Å². The number of carbonyl (C=O) groups excluding carboxylic acids is 2. The molecule has 0 aromatic rings. The number of methoxy groups -OCH3 is 2.